The van der Waals surface area contributed by atoms with E-state index in [9.17, 15) is 4.79 Å². The highest BCUT2D eigenvalue weighted by Gasteiger charge is 2.31. The summed E-state index contributed by atoms with van der Waals surface area (Å²) in [7, 11) is 1.84. The fourth-order valence-electron chi connectivity index (χ4n) is 2.38. The van der Waals surface area contributed by atoms with E-state index >= 15 is 0 Å². The van der Waals surface area contributed by atoms with Gasteiger partial charge in [0.1, 0.15) is 5.00 Å². The van der Waals surface area contributed by atoms with Gasteiger partial charge >= 0.3 is 6.03 Å². The summed E-state index contributed by atoms with van der Waals surface area (Å²) in [5.74, 6) is 0. The van der Waals surface area contributed by atoms with Crippen LogP contribution < -0.4 is 4.90 Å². The zero-order chi connectivity index (χ0) is 14.7. The first-order valence-corrected chi connectivity index (χ1v) is 7.66. The molecule has 110 valence electrons. The molecule has 1 aliphatic heterocycles. The first kappa shape index (κ1) is 15.0. The van der Waals surface area contributed by atoms with Crippen molar-refractivity contribution < 1.29 is 4.79 Å². The minimum absolute atomic E-state index is 0.0502. The Morgan fingerprint density at radius 2 is 2.20 bits per heavy atom. The minimum atomic E-state index is 0.0502. The lowest BCUT2D eigenvalue weighted by Gasteiger charge is -2.40. The number of aryl methyl sites for hydroxylation is 1. The molecule has 0 spiro atoms. The fraction of sp³-hybridized carbons (Fsp3) is 0.571. The van der Waals surface area contributed by atoms with E-state index in [2.05, 4.69) is 22.8 Å². The highest BCUT2D eigenvalue weighted by Crippen LogP contribution is 2.30. The molecule has 5 nitrogen and oxygen atoms in total. The number of urea groups is 1. The third-order valence-electron chi connectivity index (χ3n) is 3.54. The van der Waals surface area contributed by atoms with Crippen LogP contribution >= 0.6 is 11.5 Å². The van der Waals surface area contributed by atoms with Crippen molar-refractivity contribution in [3.63, 3.8) is 0 Å². The molecular formula is C14H22N4OS. The second-order valence-electron chi connectivity index (χ2n) is 5.08. The number of amides is 2. The molecule has 1 aromatic heterocycles. The van der Waals surface area contributed by atoms with E-state index in [0.717, 1.165) is 35.6 Å². The van der Waals surface area contributed by atoms with Gasteiger partial charge in [-0.1, -0.05) is 13.0 Å². The SMILES string of the molecule is C=CCCN1CN(C)C(=O)N(c2snc(CC)c2C)C1. The molecule has 20 heavy (non-hydrogen) atoms. The number of rotatable bonds is 5. The van der Waals surface area contributed by atoms with Crippen LogP contribution in [0.1, 0.15) is 24.6 Å². The van der Waals surface area contributed by atoms with Crippen molar-refractivity contribution in [3.8, 4) is 0 Å². The Hall–Kier alpha value is -1.40. The highest BCUT2D eigenvalue weighted by molar-refractivity contribution is 7.10. The summed E-state index contributed by atoms with van der Waals surface area (Å²) in [4.78, 5) is 18.2. The van der Waals surface area contributed by atoms with Crippen LogP contribution in [0.2, 0.25) is 0 Å². The number of hydrogen-bond donors (Lipinski definition) is 0. The topological polar surface area (TPSA) is 39.7 Å². The zero-order valence-electron chi connectivity index (χ0n) is 12.4. The van der Waals surface area contributed by atoms with Crippen molar-refractivity contribution in [1.82, 2.24) is 14.2 Å². The third-order valence-corrected chi connectivity index (χ3v) is 4.55. The van der Waals surface area contributed by atoms with E-state index in [1.807, 2.05) is 24.9 Å². The van der Waals surface area contributed by atoms with Gasteiger partial charge in [-0.2, -0.15) is 4.37 Å². The summed E-state index contributed by atoms with van der Waals surface area (Å²) in [6.45, 7) is 10.1. The second-order valence-corrected chi connectivity index (χ2v) is 5.83. The van der Waals surface area contributed by atoms with Gasteiger partial charge in [0.05, 0.1) is 19.0 Å². The van der Waals surface area contributed by atoms with E-state index in [-0.39, 0.29) is 6.03 Å². The van der Waals surface area contributed by atoms with Gasteiger partial charge in [0.15, 0.2) is 0 Å². The number of aromatic nitrogens is 1. The van der Waals surface area contributed by atoms with Crippen LogP contribution in [0.25, 0.3) is 0 Å². The standard InChI is InChI=1S/C14H22N4OS/c1-5-7-8-17-9-16(4)14(19)18(10-17)13-11(3)12(6-2)15-20-13/h5H,1,6-10H2,2-4H3. The molecule has 2 heterocycles. The van der Waals surface area contributed by atoms with Crippen molar-refractivity contribution in [2.75, 3.05) is 31.8 Å². The van der Waals surface area contributed by atoms with Crippen molar-refractivity contribution in [2.24, 2.45) is 0 Å². The summed E-state index contributed by atoms with van der Waals surface area (Å²) in [6.07, 6.45) is 3.74. The van der Waals surface area contributed by atoms with E-state index in [1.54, 1.807) is 4.90 Å². The van der Waals surface area contributed by atoms with Crippen LogP contribution in [0.15, 0.2) is 12.7 Å². The van der Waals surface area contributed by atoms with Crippen LogP contribution in [0.3, 0.4) is 0 Å². The van der Waals surface area contributed by atoms with Crippen LogP contribution in [-0.4, -0.2) is 47.1 Å². The summed E-state index contributed by atoms with van der Waals surface area (Å²) < 4.78 is 4.45. The molecule has 0 N–H and O–H groups in total. The lowest BCUT2D eigenvalue weighted by molar-refractivity contribution is 0.132. The predicted molar refractivity (Wildman–Crippen MR) is 83.1 cm³/mol. The minimum Gasteiger partial charge on any atom is -0.314 e. The van der Waals surface area contributed by atoms with Crippen LogP contribution in [-0.2, 0) is 6.42 Å². The molecule has 1 aromatic rings. The molecule has 0 unspecified atom stereocenters. The number of anilines is 1. The lowest BCUT2D eigenvalue weighted by atomic mass is 10.2. The lowest BCUT2D eigenvalue weighted by Crippen LogP contribution is -2.57. The van der Waals surface area contributed by atoms with Gasteiger partial charge < -0.3 is 4.90 Å². The molecule has 0 saturated carbocycles. The van der Waals surface area contributed by atoms with Gasteiger partial charge in [-0.05, 0) is 31.3 Å². The molecule has 0 aromatic carbocycles. The zero-order valence-corrected chi connectivity index (χ0v) is 13.2. The Morgan fingerprint density at radius 1 is 1.45 bits per heavy atom. The van der Waals surface area contributed by atoms with Crippen molar-refractivity contribution >= 4 is 22.6 Å². The molecule has 6 heteroatoms. The monoisotopic (exact) mass is 294 g/mol. The molecular weight excluding hydrogens is 272 g/mol. The molecule has 0 atom stereocenters. The molecule has 1 fully saturated rings. The Morgan fingerprint density at radius 3 is 2.80 bits per heavy atom. The van der Waals surface area contributed by atoms with E-state index < -0.39 is 0 Å². The summed E-state index contributed by atoms with van der Waals surface area (Å²) >= 11 is 1.42. The maximum atomic E-state index is 12.4. The largest absolute Gasteiger partial charge is 0.327 e. The first-order valence-electron chi connectivity index (χ1n) is 6.89. The van der Waals surface area contributed by atoms with Crippen LogP contribution in [0.4, 0.5) is 9.80 Å². The summed E-state index contributed by atoms with van der Waals surface area (Å²) in [5.41, 5.74) is 2.22. The summed E-state index contributed by atoms with van der Waals surface area (Å²) in [5, 5.41) is 0.974. The molecule has 1 saturated heterocycles. The van der Waals surface area contributed by atoms with Gasteiger partial charge in [0, 0.05) is 19.2 Å². The van der Waals surface area contributed by atoms with Crippen molar-refractivity contribution in [1.29, 1.82) is 0 Å². The number of carbonyl (C=O) groups is 1. The molecule has 1 aliphatic rings. The Balaban J connectivity index is 2.21. The average Bonchev–Trinajstić information content (AvgIpc) is 2.81. The molecule has 2 amide bonds. The smallest absolute Gasteiger partial charge is 0.314 e. The average molecular weight is 294 g/mol. The Kier molecular flexibility index (Phi) is 4.77. The van der Waals surface area contributed by atoms with Gasteiger partial charge in [-0.15, -0.1) is 6.58 Å². The Labute approximate surface area is 124 Å². The van der Waals surface area contributed by atoms with Gasteiger partial charge in [0.25, 0.3) is 0 Å². The molecule has 2 rings (SSSR count). The first-order chi connectivity index (χ1) is 9.58. The number of nitrogens with zero attached hydrogens (tertiary/aromatic N) is 4. The number of carbonyl (C=O) groups excluding carboxylic acids is 1. The maximum absolute atomic E-state index is 12.4. The fourth-order valence-corrected chi connectivity index (χ4v) is 3.33. The van der Waals surface area contributed by atoms with Gasteiger partial charge in [-0.25, -0.2) is 4.79 Å². The maximum Gasteiger partial charge on any atom is 0.327 e. The predicted octanol–water partition coefficient (Wildman–Crippen LogP) is 2.68. The van der Waals surface area contributed by atoms with Crippen molar-refractivity contribution in [2.45, 2.75) is 26.7 Å². The number of hydrogen-bond acceptors (Lipinski definition) is 4. The second kappa shape index (κ2) is 6.37. The Bertz CT molecular complexity index is 499. The van der Waals surface area contributed by atoms with Crippen LogP contribution in [0.5, 0.6) is 0 Å². The van der Waals surface area contributed by atoms with E-state index in [1.165, 1.54) is 11.5 Å². The quantitative estimate of drug-likeness (QED) is 0.784. The molecule has 0 aliphatic carbocycles. The third kappa shape index (κ3) is 2.86. The van der Waals surface area contributed by atoms with Gasteiger partial charge in [-0.3, -0.25) is 9.80 Å². The normalized spacial score (nSPS) is 16.9. The van der Waals surface area contributed by atoms with E-state index in [4.69, 9.17) is 0 Å². The molecule has 0 radical (unpaired) electrons. The summed E-state index contributed by atoms with van der Waals surface area (Å²) in [6, 6.07) is 0.0502. The van der Waals surface area contributed by atoms with E-state index in [0.29, 0.717) is 13.3 Å². The van der Waals surface area contributed by atoms with Crippen molar-refractivity contribution in [3.05, 3.63) is 23.9 Å². The van der Waals surface area contributed by atoms with Crippen LogP contribution in [0, 0.1) is 6.92 Å². The highest BCUT2D eigenvalue weighted by atomic mass is 32.1. The van der Waals surface area contributed by atoms with Gasteiger partial charge in [0.2, 0.25) is 0 Å². The molecule has 0 bridgehead atoms.